The van der Waals surface area contributed by atoms with Gasteiger partial charge in [-0.3, -0.25) is 0 Å². The van der Waals surface area contributed by atoms with E-state index in [1.165, 1.54) is 6.33 Å². The molecule has 0 aliphatic carbocycles. The third kappa shape index (κ3) is 2.19. The van der Waals surface area contributed by atoms with Crippen molar-refractivity contribution in [2.75, 3.05) is 13.2 Å². The Kier molecular flexibility index (Phi) is 3.15. The van der Waals surface area contributed by atoms with Crippen molar-refractivity contribution < 1.29 is 9.47 Å². The van der Waals surface area contributed by atoms with Gasteiger partial charge >= 0.3 is 0 Å². The van der Waals surface area contributed by atoms with Crippen LogP contribution < -0.4 is 0 Å². The summed E-state index contributed by atoms with van der Waals surface area (Å²) in [5.41, 5.74) is 0.977. The molecule has 1 saturated heterocycles. The maximum Gasteiger partial charge on any atom is 0.215 e. The molecule has 6 heteroatoms. The third-order valence-corrected chi connectivity index (χ3v) is 3.35. The summed E-state index contributed by atoms with van der Waals surface area (Å²) in [5.74, 6) is -0.766. The number of aromatic nitrogens is 3. The van der Waals surface area contributed by atoms with Crippen LogP contribution in [0.25, 0.3) is 0 Å². The summed E-state index contributed by atoms with van der Waals surface area (Å²) in [5, 5.41) is 4.11. The van der Waals surface area contributed by atoms with E-state index in [2.05, 4.69) is 26.0 Å². The first-order chi connectivity index (χ1) is 8.78. The number of nitrogens with zero attached hydrogens (tertiary/aromatic N) is 3. The van der Waals surface area contributed by atoms with Gasteiger partial charge in [0, 0.05) is 10.0 Å². The second kappa shape index (κ2) is 4.79. The summed E-state index contributed by atoms with van der Waals surface area (Å²) < 4.78 is 14.4. The van der Waals surface area contributed by atoms with E-state index in [0.29, 0.717) is 19.8 Å². The minimum absolute atomic E-state index is 0.490. The Balaban J connectivity index is 1.96. The van der Waals surface area contributed by atoms with Crippen molar-refractivity contribution in [3.05, 3.63) is 47.0 Å². The predicted octanol–water partition coefficient (Wildman–Crippen LogP) is 1.94. The van der Waals surface area contributed by atoms with Crippen LogP contribution in [0.3, 0.4) is 0 Å². The standard InChI is InChI=1S/C12H12BrN3O2/c13-11-3-1-2-10(6-11)12(17-4-5-18-12)7-16-9-14-8-15-16/h1-3,6,8-9H,4-5,7H2. The lowest BCUT2D eigenvalue weighted by Crippen LogP contribution is -2.33. The van der Waals surface area contributed by atoms with Crippen molar-refractivity contribution in [1.29, 1.82) is 0 Å². The van der Waals surface area contributed by atoms with E-state index in [1.54, 1.807) is 11.0 Å². The highest BCUT2D eigenvalue weighted by Crippen LogP contribution is 2.34. The normalized spacial score (nSPS) is 18.1. The third-order valence-electron chi connectivity index (χ3n) is 2.85. The van der Waals surface area contributed by atoms with Crippen LogP contribution in [0.1, 0.15) is 5.56 Å². The fourth-order valence-corrected chi connectivity index (χ4v) is 2.46. The number of ether oxygens (including phenoxy) is 2. The Morgan fingerprint density at radius 2 is 2.17 bits per heavy atom. The van der Waals surface area contributed by atoms with Gasteiger partial charge in [-0.1, -0.05) is 28.1 Å². The molecule has 0 amide bonds. The van der Waals surface area contributed by atoms with Gasteiger partial charge in [0.15, 0.2) is 0 Å². The molecule has 18 heavy (non-hydrogen) atoms. The highest BCUT2D eigenvalue weighted by atomic mass is 79.9. The maximum atomic E-state index is 5.82. The smallest absolute Gasteiger partial charge is 0.215 e. The molecule has 5 nitrogen and oxygen atoms in total. The monoisotopic (exact) mass is 309 g/mol. The molecule has 1 aliphatic heterocycles. The molecular formula is C12H12BrN3O2. The minimum Gasteiger partial charge on any atom is -0.342 e. The zero-order valence-corrected chi connectivity index (χ0v) is 11.2. The maximum absolute atomic E-state index is 5.82. The molecule has 1 aromatic heterocycles. The van der Waals surface area contributed by atoms with Crippen LogP contribution >= 0.6 is 15.9 Å². The first-order valence-corrected chi connectivity index (χ1v) is 6.44. The predicted molar refractivity (Wildman–Crippen MR) is 67.7 cm³/mol. The minimum atomic E-state index is -0.766. The van der Waals surface area contributed by atoms with Crippen LogP contribution in [0, 0.1) is 0 Å². The molecule has 0 atom stereocenters. The summed E-state index contributed by atoms with van der Waals surface area (Å²) in [4.78, 5) is 3.94. The van der Waals surface area contributed by atoms with Crippen LogP contribution in [0.5, 0.6) is 0 Å². The zero-order chi connectivity index (χ0) is 12.4. The lowest BCUT2D eigenvalue weighted by atomic mass is 10.1. The van der Waals surface area contributed by atoms with Gasteiger partial charge in [0.2, 0.25) is 5.79 Å². The lowest BCUT2D eigenvalue weighted by molar-refractivity contribution is -0.177. The van der Waals surface area contributed by atoms with E-state index in [0.717, 1.165) is 10.0 Å². The molecule has 2 aromatic rings. The average molecular weight is 310 g/mol. The molecule has 0 spiro atoms. The Hall–Kier alpha value is -1.24. The molecule has 3 rings (SSSR count). The second-order valence-corrected chi connectivity index (χ2v) is 4.97. The van der Waals surface area contributed by atoms with Gasteiger partial charge in [0.1, 0.15) is 19.2 Å². The van der Waals surface area contributed by atoms with E-state index in [9.17, 15) is 0 Å². The highest BCUT2D eigenvalue weighted by Gasteiger charge is 2.39. The van der Waals surface area contributed by atoms with Gasteiger partial charge < -0.3 is 9.47 Å². The fourth-order valence-electron chi connectivity index (χ4n) is 2.06. The van der Waals surface area contributed by atoms with Crippen LogP contribution in [-0.2, 0) is 21.8 Å². The van der Waals surface area contributed by atoms with Gasteiger partial charge in [0.25, 0.3) is 0 Å². The summed E-state index contributed by atoms with van der Waals surface area (Å²) in [6.45, 7) is 1.66. The van der Waals surface area contributed by atoms with Gasteiger partial charge in [-0.2, -0.15) is 5.10 Å². The summed E-state index contributed by atoms with van der Waals surface area (Å²) in [6.07, 6.45) is 3.16. The lowest BCUT2D eigenvalue weighted by Gasteiger charge is -2.27. The number of hydrogen-bond acceptors (Lipinski definition) is 4. The Morgan fingerprint density at radius 1 is 1.33 bits per heavy atom. The average Bonchev–Trinajstić information content (AvgIpc) is 3.02. The molecule has 0 N–H and O–H groups in total. The van der Waals surface area contributed by atoms with E-state index in [-0.39, 0.29) is 0 Å². The number of halogens is 1. The summed E-state index contributed by atoms with van der Waals surface area (Å²) in [7, 11) is 0. The van der Waals surface area contributed by atoms with Gasteiger partial charge in [0.05, 0.1) is 13.2 Å². The molecule has 0 saturated carbocycles. The second-order valence-electron chi connectivity index (χ2n) is 4.05. The Labute approximate surface area is 113 Å². The largest absolute Gasteiger partial charge is 0.342 e. The molecule has 2 heterocycles. The van der Waals surface area contributed by atoms with E-state index >= 15 is 0 Å². The Bertz CT molecular complexity index is 524. The summed E-state index contributed by atoms with van der Waals surface area (Å²) in [6, 6.07) is 7.93. The molecule has 1 aliphatic rings. The SMILES string of the molecule is Brc1cccc(C2(Cn3cncn3)OCCO2)c1. The molecule has 0 bridgehead atoms. The zero-order valence-electron chi connectivity index (χ0n) is 9.62. The van der Waals surface area contributed by atoms with E-state index in [1.807, 2.05) is 24.3 Å². The van der Waals surface area contributed by atoms with Gasteiger partial charge in [-0.15, -0.1) is 0 Å². The number of benzene rings is 1. The molecule has 1 fully saturated rings. The van der Waals surface area contributed by atoms with Crippen LogP contribution in [0.2, 0.25) is 0 Å². The topological polar surface area (TPSA) is 49.2 Å². The van der Waals surface area contributed by atoms with E-state index in [4.69, 9.17) is 9.47 Å². The van der Waals surface area contributed by atoms with Gasteiger partial charge in [-0.25, -0.2) is 9.67 Å². The summed E-state index contributed by atoms with van der Waals surface area (Å²) >= 11 is 3.47. The first-order valence-electron chi connectivity index (χ1n) is 5.65. The fraction of sp³-hybridized carbons (Fsp3) is 0.333. The Morgan fingerprint density at radius 3 is 2.83 bits per heavy atom. The molecule has 94 valence electrons. The molecule has 0 radical (unpaired) electrons. The van der Waals surface area contributed by atoms with Crippen molar-refractivity contribution in [3.63, 3.8) is 0 Å². The number of rotatable bonds is 3. The van der Waals surface area contributed by atoms with Crippen LogP contribution in [0.4, 0.5) is 0 Å². The van der Waals surface area contributed by atoms with Crippen molar-refractivity contribution >= 4 is 15.9 Å². The van der Waals surface area contributed by atoms with Crippen LogP contribution in [-0.4, -0.2) is 28.0 Å². The van der Waals surface area contributed by atoms with Crippen molar-refractivity contribution in [2.24, 2.45) is 0 Å². The first kappa shape index (κ1) is 11.8. The number of hydrogen-bond donors (Lipinski definition) is 0. The molecular weight excluding hydrogens is 298 g/mol. The highest BCUT2D eigenvalue weighted by molar-refractivity contribution is 9.10. The molecule has 1 aromatic carbocycles. The molecule has 0 unspecified atom stereocenters. The van der Waals surface area contributed by atoms with E-state index < -0.39 is 5.79 Å². The van der Waals surface area contributed by atoms with Crippen LogP contribution in [0.15, 0.2) is 41.4 Å². The van der Waals surface area contributed by atoms with Gasteiger partial charge in [-0.05, 0) is 12.1 Å². The van der Waals surface area contributed by atoms with Crippen molar-refractivity contribution in [2.45, 2.75) is 12.3 Å². The van der Waals surface area contributed by atoms with Crippen molar-refractivity contribution in [1.82, 2.24) is 14.8 Å². The quantitative estimate of drug-likeness (QED) is 0.869. The van der Waals surface area contributed by atoms with Crippen molar-refractivity contribution in [3.8, 4) is 0 Å².